The van der Waals surface area contributed by atoms with E-state index in [-0.39, 0.29) is 0 Å². The molecule has 0 bridgehead atoms. The monoisotopic (exact) mass is 864 g/mol. The predicted octanol–water partition coefficient (Wildman–Crippen LogP) is 21.4. The minimum absolute atomic E-state index is 0.900. The molecule has 1 heteroatoms. The van der Waals surface area contributed by atoms with Gasteiger partial charge < -0.3 is 5.32 Å². The summed E-state index contributed by atoms with van der Waals surface area (Å²) in [4.78, 5) is 0. The maximum absolute atomic E-state index is 4.63. The van der Waals surface area contributed by atoms with E-state index in [2.05, 4.69) is 52.9 Å². The summed E-state index contributed by atoms with van der Waals surface area (Å²) in [5.41, 5.74) is 4.60. The Morgan fingerprint density at radius 2 is 0.742 bits per heavy atom. The highest BCUT2D eigenvalue weighted by molar-refractivity contribution is 4.97. The number of rotatable bonds is 50. The molecule has 0 aliphatic heterocycles. The normalized spacial score (nSPS) is 16.5. The molecule has 1 aliphatic rings. The Kier molecular flexibility index (Phi) is 43.3. The second-order valence-corrected chi connectivity index (χ2v) is 21.6. The van der Waals surface area contributed by atoms with Crippen molar-refractivity contribution in [1.82, 2.24) is 5.32 Å². The maximum Gasteiger partial charge on any atom is -0.00489 e. The summed E-state index contributed by atoms with van der Waals surface area (Å²) >= 11 is 0. The number of allylic oxidation sites excluding steroid dienone is 3. The Hall–Kier alpha value is -0.820. The minimum Gasteiger partial charge on any atom is -0.320 e. The van der Waals surface area contributed by atoms with Crippen LogP contribution < -0.4 is 5.32 Å². The van der Waals surface area contributed by atoms with Crippen LogP contribution in [0.1, 0.15) is 316 Å². The minimum atomic E-state index is 0.900. The molecular weight excluding hydrogens is 747 g/mol. The topological polar surface area (TPSA) is 12.0 Å². The van der Waals surface area contributed by atoms with Gasteiger partial charge in [0.05, 0.1) is 0 Å². The number of hydrogen-bond donors (Lipinski definition) is 1. The zero-order valence-electron chi connectivity index (χ0n) is 43.7. The van der Waals surface area contributed by atoms with Gasteiger partial charge in [0.1, 0.15) is 0 Å². The molecule has 0 aromatic rings. The van der Waals surface area contributed by atoms with Crippen LogP contribution in [0.3, 0.4) is 0 Å². The van der Waals surface area contributed by atoms with Gasteiger partial charge in [0.2, 0.25) is 0 Å². The van der Waals surface area contributed by atoms with Crippen molar-refractivity contribution >= 4 is 0 Å². The average Bonchev–Trinajstić information content (AvgIpc) is 3.66. The van der Waals surface area contributed by atoms with Crippen molar-refractivity contribution in [2.24, 2.45) is 23.7 Å². The van der Waals surface area contributed by atoms with E-state index in [0.29, 0.717) is 0 Å². The number of unbranched alkanes of at least 4 members (excludes halogenated alkanes) is 27. The first-order valence-corrected chi connectivity index (χ1v) is 29.1. The Bertz CT molecular complexity index is 960. The van der Waals surface area contributed by atoms with E-state index in [4.69, 9.17) is 0 Å². The third-order valence-electron chi connectivity index (χ3n) is 15.4. The van der Waals surface area contributed by atoms with Gasteiger partial charge in [0.15, 0.2) is 0 Å². The first-order chi connectivity index (χ1) is 30.4. The molecule has 1 N–H and O–H groups in total. The molecule has 1 nitrogen and oxygen atoms in total. The van der Waals surface area contributed by atoms with Crippen molar-refractivity contribution in [2.75, 3.05) is 13.6 Å². The number of nitrogens with one attached hydrogen (secondary N) is 1. The Morgan fingerprint density at radius 3 is 1.21 bits per heavy atom. The van der Waals surface area contributed by atoms with Crippen molar-refractivity contribution in [3.63, 3.8) is 0 Å². The zero-order valence-corrected chi connectivity index (χ0v) is 43.7. The molecule has 1 fully saturated rings. The standard InChI is InChI=1S/C61H117N/c1-8-11-14-17-20-21-26-33-41-55(4)42-34-27-23-25-32-39-48-60-53-59(54-61(60)50-49-56(5)44-40-51-62-7)47-38-31-24-22-28-35-43-57(6)52-58(45-36-29-18-15-12-9-2)46-37-30-19-16-13-10-3/h58-62H,4-6,8-54H2,1-3,7H3. The summed E-state index contributed by atoms with van der Waals surface area (Å²) < 4.78 is 0. The van der Waals surface area contributed by atoms with E-state index in [1.54, 1.807) is 5.57 Å². The Labute approximate surface area is 393 Å². The van der Waals surface area contributed by atoms with Gasteiger partial charge in [-0.15, -0.1) is 0 Å². The van der Waals surface area contributed by atoms with Crippen LogP contribution >= 0.6 is 0 Å². The second-order valence-electron chi connectivity index (χ2n) is 21.6. The Balaban J connectivity index is 2.30. The fourth-order valence-electron chi connectivity index (χ4n) is 11.2. The van der Waals surface area contributed by atoms with Gasteiger partial charge in [-0.3, -0.25) is 0 Å². The fraction of sp³-hybridized carbons (Fsp3) is 0.902. The van der Waals surface area contributed by atoms with Crippen LogP contribution in [0.25, 0.3) is 0 Å². The van der Waals surface area contributed by atoms with E-state index in [1.807, 2.05) is 0 Å². The molecular formula is C61H117N. The van der Waals surface area contributed by atoms with Gasteiger partial charge in [-0.25, -0.2) is 0 Å². The van der Waals surface area contributed by atoms with Crippen LogP contribution in [0, 0.1) is 23.7 Å². The largest absolute Gasteiger partial charge is 0.320 e. The van der Waals surface area contributed by atoms with Gasteiger partial charge >= 0.3 is 0 Å². The summed E-state index contributed by atoms with van der Waals surface area (Å²) in [5.74, 6) is 3.83. The number of hydrogen-bond acceptors (Lipinski definition) is 1. The molecule has 0 saturated heterocycles. The first kappa shape index (κ1) is 59.2. The summed E-state index contributed by atoms with van der Waals surface area (Å²) in [6.07, 6.45) is 64.9. The van der Waals surface area contributed by atoms with Gasteiger partial charge in [-0.1, -0.05) is 269 Å². The van der Waals surface area contributed by atoms with Crippen LogP contribution in [-0.2, 0) is 0 Å². The molecule has 62 heavy (non-hydrogen) atoms. The van der Waals surface area contributed by atoms with Crippen molar-refractivity contribution in [3.05, 3.63) is 36.5 Å². The molecule has 1 rings (SSSR count). The van der Waals surface area contributed by atoms with Crippen LogP contribution in [0.15, 0.2) is 36.5 Å². The third kappa shape index (κ3) is 37.4. The molecule has 1 aliphatic carbocycles. The van der Waals surface area contributed by atoms with Crippen LogP contribution in [0.2, 0.25) is 0 Å². The quantitative estimate of drug-likeness (QED) is 0.0475. The molecule has 3 atom stereocenters. The average molecular weight is 865 g/mol. The summed E-state index contributed by atoms with van der Waals surface area (Å²) in [6, 6.07) is 0. The van der Waals surface area contributed by atoms with E-state index in [1.165, 1.54) is 307 Å². The molecule has 0 radical (unpaired) electrons. The zero-order chi connectivity index (χ0) is 45.0. The van der Waals surface area contributed by atoms with Gasteiger partial charge in [0, 0.05) is 0 Å². The van der Waals surface area contributed by atoms with Gasteiger partial charge in [0.25, 0.3) is 0 Å². The first-order valence-electron chi connectivity index (χ1n) is 29.1. The lowest BCUT2D eigenvalue weighted by Gasteiger charge is -2.20. The lowest BCUT2D eigenvalue weighted by Crippen LogP contribution is -2.09. The van der Waals surface area contributed by atoms with E-state index in [9.17, 15) is 0 Å². The molecule has 3 unspecified atom stereocenters. The highest BCUT2D eigenvalue weighted by atomic mass is 14.8. The SMILES string of the molecule is C=C(CCCCCCCCCC)CCCCCCCCC1CC(CCCCCCCCC(=C)CC(CCCCCCCC)CCCCCCCC)CC1CCC(=C)CCCNC. The summed E-state index contributed by atoms with van der Waals surface area (Å²) in [5, 5.41) is 3.32. The van der Waals surface area contributed by atoms with Crippen LogP contribution in [0.5, 0.6) is 0 Å². The molecule has 1 saturated carbocycles. The molecule has 0 heterocycles. The summed E-state index contributed by atoms with van der Waals surface area (Å²) in [7, 11) is 2.07. The van der Waals surface area contributed by atoms with Gasteiger partial charge in [-0.2, -0.15) is 0 Å². The van der Waals surface area contributed by atoms with Gasteiger partial charge in [-0.05, 0) is 121 Å². The van der Waals surface area contributed by atoms with Crippen LogP contribution in [0.4, 0.5) is 0 Å². The van der Waals surface area contributed by atoms with Crippen molar-refractivity contribution in [2.45, 2.75) is 316 Å². The molecule has 0 aromatic heterocycles. The van der Waals surface area contributed by atoms with E-state index < -0.39 is 0 Å². The molecule has 0 aromatic carbocycles. The Morgan fingerprint density at radius 1 is 0.387 bits per heavy atom. The smallest absolute Gasteiger partial charge is 0.00489 e. The fourth-order valence-corrected chi connectivity index (χ4v) is 11.2. The second kappa shape index (κ2) is 45.3. The van der Waals surface area contributed by atoms with Crippen molar-refractivity contribution < 1.29 is 0 Å². The molecule has 366 valence electrons. The van der Waals surface area contributed by atoms with Crippen molar-refractivity contribution in [1.29, 1.82) is 0 Å². The van der Waals surface area contributed by atoms with E-state index in [0.717, 1.165) is 30.2 Å². The van der Waals surface area contributed by atoms with Crippen molar-refractivity contribution in [3.8, 4) is 0 Å². The molecule has 0 amide bonds. The summed E-state index contributed by atoms with van der Waals surface area (Å²) in [6.45, 7) is 21.6. The molecule has 0 spiro atoms. The highest BCUT2D eigenvalue weighted by Gasteiger charge is 2.33. The predicted molar refractivity (Wildman–Crippen MR) is 285 cm³/mol. The van der Waals surface area contributed by atoms with E-state index >= 15 is 0 Å². The highest BCUT2D eigenvalue weighted by Crippen LogP contribution is 2.44. The third-order valence-corrected chi connectivity index (χ3v) is 15.4. The maximum atomic E-state index is 4.63. The lowest BCUT2D eigenvalue weighted by atomic mass is 9.86. The van der Waals surface area contributed by atoms with Crippen LogP contribution in [-0.4, -0.2) is 13.6 Å². The lowest BCUT2D eigenvalue weighted by molar-refractivity contribution is 0.331.